The summed E-state index contributed by atoms with van der Waals surface area (Å²) in [6.45, 7) is 3.64. The van der Waals surface area contributed by atoms with Crippen molar-refractivity contribution >= 4 is 29.9 Å². The van der Waals surface area contributed by atoms with Gasteiger partial charge >= 0.3 is 0 Å². The van der Waals surface area contributed by atoms with E-state index < -0.39 is 0 Å². The third kappa shape index (κ3) is 6.61. The Hall–Kier alpha value is -2.31. The van der Waals surface area contributed by atoms with E-state index in [0.29, 0.717) is 12.1 Å². The van der Waals surface area contributed by atoms with Crippen LogP contribution in [0.25, 0.3) is 0 Å². The van der Waals surface area contributed by atoms with Crippen LogP contribution in [0.4, 0.5) is 0 Å². The van der Waals surface area contributed by atoms with Crippen LogP contribution in [0.1, 0.15) is 35.6 Å². The highest BCUT2D eigenvalue weighted by Crippen LogP contribution is 2.27. The van der Waals surface area contributed by atoms with Crippen molar-refractivity contribution in [3.63, 3.8) is 0 Å². The maximum atomic E-state index is 8.92. The average Bonchev–Trinajstić information content (AvgIpc) is 3.31. The number of hydrogen-bond donors (Lipinski definition) is 2. The smallest absolute Gasteiger partial charge is 0.191 e. The molecule has 1 saturated heterocycles. The third-order valence-corrected chi connectivity index (χ3v) is 5.29. The van der Waals surface area contributed by atoms with E-state index in [-0.39, 0.29) is 30.0 Å². The molecule has 1 aliphatic rings. The summed E-state index contributed by atoms with van der Waals surface area (Å²) in [6, 6.07) is 18.3. The van der Waals surface area contributed by atoms with Crippen LogP contribution in [0.5, 0.6) is 5.75 Å². The molecule has 2 N–H and O–H groups in total. The predicted molar refractivity (Wildman–Crippen MR) is 131 cm³/mol. The van der Waals surface area contributed by atoms with E-state index in [2.05, 4.69) is 44.8 Å². The van der Waals surface area contributed by atoms with Crippen LogP contribution < -0.4 is 15.4 Å². The van der Waals surface area contributed by atoms with Crippen molar-refractivity contribution in [2.75, 3.05) is 33.8 Å². The lowest BCUT2D eigenvalue weighted by atomic mass is 10.1. The second-order valence-electron chi connectivity index (χ2n) is 7.15. The first-order chi connectivity index (χ1) is 14.2. The molecule has 0 bridgehead atoms. The third-order valence-electron chi connectivity index (χ3n) is 5.29. The van der Waals surface area contributed by atoms with Gasteiger partial charge in [-0.25, -0.2) is 0 Å². The number of halogens is 1. The number of aliphatic imine (C=N–C) groups is 1. The molecule has 0 aliphatic carbocycles. The molecule has 160 valence electrons. The summed E-state index contributed by atoms with van der Waals surface area (Å²) in [5.74, 6) is 1.65. The molecule has 1 aliphatic heterocycles. The van der Waals surface area contributed by atoms with Gasteiger partial charge in [0, 0.05) is 20.1 Å². The lowest BCUT2D eigenvalue weighted by Crippen LogP contribution is -2.42. The van der Waals surface area contributed by atoms with Gasteiger partial charge in [-0.2, -0.15) is 5.26 Å². The number of likely N-dealkylation sites (tertiary alicyclic amines) is 1. The molecule has 30 heavy (non-hydrogen) atoms. The summed E-state index contributed by atoms with van der Waals surface area (Å²) in [5.41, 5.74) is 3.03. The van der Waals surface area contributed by atoms with Crippen molar-refractivity contribution in [1.82, 2.24) is 15.5 Å². The lowest BCUT2D eigenvalue weighted by molar-refractivity contribution is 0.245. The molecule has 3 rings (SSSR count). The molecule has 0 radical (unpaired) electrons. The van der Waals surface area contributed by atoms with E-state index in [4.69, 9.17) is 10.00 Å². The Balaban J connectivity index is 0.00000320. The fraction of sp³-hybridized carbons (Fsp3) is 0.391. The largest absolute Gasteiger partial charge is 0.497 e. The molecule has 0 aromatic heterocycles. The van der Waals surface area contributed by atoms with Gasteiger partial charge in [0.05, 0.1) is 24.8 Å². The number of ether oxygens (including phenoxy) is 1. The first kappa shape index (κ1) is 24.0. The van der Waals surface area contributed by atoms with E-state index >= 15 is 0 Å². The molecule has 0 amide bonds. The summed E-state index contributed by atoms with van der Waals surface area (Å²) in [6.07, 6.45) is 2.48. The second kappa shape index (κ2) is 12.4. The molecule has 6 nitrogen and oxygen atoms in total. The maximum Gasteiger partial charge on any atom is 0.191 e. The van der Waals surface area contributed by atoms with E-state index in [9.17, 15) is 0 Å². The van der Waals surface area contributed by atoms with Gasteiger partial charge in [-0.1, -0.05) is 24.3 Å². The first-order valence-corrected chi connectivity index (χ1v) is 10.0. The first-order valence-electron chi connectivity index (χ1n) is 10.0. The molecule has 1 fully saturated rings. The monoisotopic (exact) mass is 519 g/mol. The van der Waals surface area contributed by atoms with E-state index in [0.717, 1.165) is 36.9 Å². The molecule has 1 atom stereocenters. The molecule has 0 saturated carbocycles. The van der Waals surface area contributed by atoms with Crippen molar-refractivity contribution in [2.24, 2.45) is 4.99 Å². The van der Waals surface area contributed by atoms with Crippen molar-refractivity contribution in [3.05, 3.63) is 65.2 Å². The number of methoxy groups -OCH3 is 1. The van der Waals surface area contributed by atoms with Crippen molar-refractivity contribution in [2.45, 2.75) is 25.4 Å². The van der Waals surface area contributed by atoms with Crippen LogP contribution in [-0.4, -0.2) is 44.7 Å². The predicted octanol–water partition coefficient (Wildman–Crippen LogP) is 3.69. The van der Waals surface area contributed by atoms with Crippen molar-refractivity contribution < 1.29 is 4.74 Å². The standard InChI is InChI=1S/C23H29N5O.HI/c1-25-23(26-16-19-10-8-18(15-24)9-11-19)27-17-22(28-12-3-4-13-28)20-6-5-7-21(14-20)29-2;/h5-11,14,22H,3-4,12-13,16-17H2,1-2H3,(H2,25,26,27);1H. The topological polar surface area (TPSA) is 72.7 Å². The second-order valence-corrected chi connectivity index (χ2v) is 7.15. The number of nitrogens with one attached hydrogen (secondary N) is 2. The molecule has 2 aromatic carbocycles. The Bertz CT molecular complexity index is 857. The van der Waals surface area contributed by atoms with Crippen LogP contribution in [0.15, 0.2) is 53.5 Å². The van der Waals surface area contributed by atoms with Gasteiger partial charge < -0.3 is 15.4 Å². The van der Waals surface area contributed by atoms with Crippen molar-refractivity contribution in [3.8, 4) is 11.8 Å². The van der Waals surface area contributed by atoms with Gasteiger partial charge in [0.25, 0.3) is 0 Å². The normalized spacial score (nSPS) is 15.0. The van der Waals surface area contributed by atoms with Crippen LogP contribution in [0, 0.1) is 11.3 Å². The molecule has 1 unspecified atom stereocenters. The lowest BCUT2D eigenvalue weighted by Gasteiger charge is -2.29. The summed E-state index contributed by atoms with van der Waals surface area (Å²) in [5, 5.41) is 15.8. The number of nitrogens with zero attached hydrogens (tertiary/aromatic N) is 3. The molecule has 2 aromatic rings. The number of guanidine groups is 1. The summed E-state index contributed by atoms with van der Waals surface area (Å²) in [4.78, 5) is 6.89. The Morgan fingerprint density at radius 1 is 1.17 bits per heavy atom. The minimum Gasteiger partial charge on any atom is -0.497 e. The van der Waals surface area contributed by atoms with Crippen LogP contribution in [0.2, 0.25) is 0 Å². The highest BCUT2D eigenvalue weighted by Gasteiger charge is 2.24. The maximum absolute atomic E-state index is 8.92. The Kier molecular flexibility index (Phi) is 9.91. The number of nitriles is 1. The number of rotatable bonds is 7. The summed E-state index contributed by atoms with van der Waals surface area (Å²) < 4.78 is 5.42. The van der Waals surface area contributed by atoms with Gasteiger partial charge in [-0.3, -0.25) is 9.89 Å². The molecule has 0 spiro atoms. The minimum absolute atomic E-state index is 0. The fourth-order valence-corrected chi connectivity index (χ4v) is 3.66. The quantitative estimate of drug-likeness (QED) is 0.332. The van der Waals surface area contributed by atoms with E-state index in [1.807, 2.05) is 30.3 Å². The zero-order valence-corrected chi connectivity index (χ0v) is 19.9. The van der Waals surface area contributed by atoms with E-state index in [1.165, 1.54) is 18.4 Å². The Labute approximate surface area is 196 Å². The van der Waals surface area contributed by atoms with Crippen molar-refractivity contribution in [1.29, 1.82) is 5.26 Å². The fourth-order valence-electron chi connectivity index (χ4n) is 3.66. The van der Waals surface area contributed by atoms with Crippen LogP contribution >= 0.6 is 24.0 Å². The van der Waals surface area contributed by atoms with Gasteiger partial charge in [0.2, 0.25) is 0 Å². The highest BCUT2D eigenvalue weighted by atomic mass is 127. The Morgan fingerprint density at radius 3 is 2.53 bits per heavy atom. The van der Waals surface area contributed by atoms with Gasteiger partial charge in [-0.15, -0.1) is 24.0 Å². The van der Waals surface area contributed by atoms with Gasteiger partial charge in [-0.05, 0) is 61.3 Å². The average molecular weight is 519 g/mol. The SMILES string of the molecule is CN=C(NCc1ccc(C#N)cc1)NCC(c1cccc(OC)c1)N1CCCC1.I. The molecular weight excluding hydrogens is 489 g/mol. The van der Waals surface area contributed by atoms with Crippen LogP contribution in [-0.2, 0) is 6.54 Å². The van der Waals surface area contributed by atoms with Gasteiger partial charge in [0.15, 0.2) is 5.96 Å². The van der Waals surface area contributed by atoms with Crippen LogP contribution in [0.3, 0.4) is 0 Å². The summed E-state index contributed by atoms with van der Waals surface area (Å²) in [7, 11) is 3.49. The zero-order valence-electron chi connectivity index (χ0n) is 17.6. The van der Waals surface area contributed by atoms with E-state index in [1.54, 1.807) is 14.2 Å². The minimum atomic E-state index is 0. The molecule has 1 heterocycles. The molecular formula is C23H30IN5O. The van der Waals surface area contributed by atoms with Gasteiger partial charge in [0.1, 0.15) is 5.75 Å². The number of benzene rings is 2. The highest BCUT2D eigenvalue weighted by molar-refractivity contribution is 14.0. The Morgan fingerprint density at radius 2 is 1.90 bits per heavy atom. The molecule has 7 heteroatoms. The zero-order chi connectivity index (χ0) is 20.5. The number of hydrogen-bond acceptors (Lipinski definition) is 4. The summed E-state index contributed by atoms with van der Waals surface area (Å²) >= 11 is 0.